The molecule has 1 fully saturated rings. The average Bonchev–Trinajstić information content (AvgIpc) is 3.15. The number of hydrogen-bond donors (Lipinski definition) is 1. The second-order valence-corrected chi connectivity index (χ2v) is 6.92. The third kappa shape index (κ3) is 4.07. The van der Waals surface area contributed by atoms with Crippen LogP contribution in [0, 0.1) is 5.92 Å². The van der Waals surface area contributed by atoms with Crippen molar-refractivity contribution >= 4 is 22.8 Å². The van der Waals surface area contributed by atoms with Crippen LogP contribution in [-0.2, 0) is 11.3 Å². The van der Waals surface area contributed by atoms with Gasteiger partial charge in [0.2, 0.25) is 5.91 Å². The Balaban J connectivity index is 1.25. The van der Waals surface area contributed by atoms with Crippen LogP contribution in [0.25, 0.3) is 11.0 Å². The molecule has 0 spiro atoms. The fourth-order valence-electron chi connectivity index (χ4n) is 3.61. The van der Waals surface area contributed by atoms with E-state index in [1.54, 1.807) is 6.20 Å². The second kappa shape index (κ2) is 8.16. The fourth-order valence-corrected chi connectivity index (χ4v) is 3.61. The maximum atomic E-state index is 12.6. The first kappa shape index (κ1) is 17.5. The number of nitrogens with one attached hydrogen (secondary N) is 1. The van der Waals surface area contributed by atoms with Crippen LogP contribution < -0.4 is 10.2 Å². The predicted octanol–water partition coefficient (Wildman–Crippen LogP) is 2.25. The lowest BCUT2D eigenvalue weighted by Gasteiger charge is -2.32. The zero-order chi connectivity index (χ0) is 18.5. The predicted molar refractivity (Wildman–Crippen MR) is 104 cm³/mol. The van der Waals surface area contributed by atoms with Gasteiger partial charge in [0, 0.05) is 32.4 Å². The van der Waals surface area contributed by atoms with Crippen molar-refractivity contribution in [3.63, 3.8) is 0 Å². The van der Waals surface area contributed by atoms with E-state index in [0.29, 0.717) is 6.54 Å². The number of rotatable bonds is 6. The Bertz CT molecular complexity index is 894. The Morgan fingerprint density at radius 2 is 2.07 bits per heavy atom. The number of aryl methyl sites for hydroxylation is 1. The average molecular weight is 364 g/mol. The van der Waals surface area contributed by atoms with E-state index in [1.807, 2.05) is 47.1 Å². The number of piperidine rings is 1. The molecule has 1 amide bonds. The lowest BCUT2D eigenvalue weighted by Crippen LogP contribution is -2.43. The third-order valence-corrected chi connectivity index (χ3v) is 5.03. The number of amides is 1. The number of para-hydroxylation sites is 1. The van der Waals surface area contributed by atoms with Gasteiger partial charge in [-0.15, -0.1) is 5.10 Å². The Morgan fingerprint density at radius 1 is 1.19 bits per heavy atom. The Morgan fingerprint density at radius 3 is 2.96 bits per heavy atom. The molecule has 1 atom stereocenters. The van der Waals surface area contributed by atoms with Crippen molar-refractivity contribution < 1.29 is 4.79 Å². The highest BCUT2D eigenvalue weighted by Gasteiger charge is 2.26. The Hall–Kier alpha value is -2.96. The van der Waals surface area contributed by atoms with Crippen molar-refractivity contribution in [3.8, 4) is 0 Å². The summed E-state index contributed by atoms with van der Waals surface area (Å²) >= 11 is 0. The maximum Gasteiger partial charge on any atom is 0.224 e. The second-order valence-electron chi connectivity index (χ2n) is 6.92. The van der Waals surface area contributed by atoms with Gasteiger partial charge in [0.1, 0.15) is 11.3 Å². The molecule has 1 aliphatic rings. The largest absolute Gasteiger partial charge is 0.356 e. The molecule has 1 aliphatic heterocycles. The summed E-state index contributed by atoms with van der Waals surface area (Å²) in [5.74, 6) is 1.11. The normalized spacial score (nSPS) is 17.2. The summed E-state index contributed by atoms with van der Waals surface area (Å²) in [6.45, 7) is 3.08. The van der Waals surface area contributed by atoms with Crippen LogP contribution in [-0.4, -0.2) is 45.5 Å². The molecule has 140 valence electrons. The zero-order valence-corrected chi connectivity index (χ0v) is 15.3. The molecule has 0 aliphatic carbocycles. The minimum atomic E-state index is 0.0213. The van der Waals surface area contributed by atoms with Crippen LogP contribution in [0.3, 0.4) is 0 Å². The first-order valence-corrected chi connectivity index (χ1v) is 9.53. The van der Waals surface area contributed by atoms with Gasteiger partial charge < -0.3 is 10.2 Å². The number of carbonyl (C=O) groups is 1. The molecule has 3 aromatic rings. The molecule has 1 saturated heterocycles. The van der Waals surface area contributed by atoms with Crippen molar-refractivity contribution in [1.82, 2.24) is 25.3 Å². The number of carbonyl (C=O) groups excluding carboxylic acids is 1. The summed E-state index contributed by atoms with van der Waals surface area (Å²) in [6.07, 6.45) is 4.57. The molecule has 1 aromatic carbocycles. The topological polar surface area (TPSA) is 75.9 Å². The molecule has 0 bridgehead atoms. The maximum absolute atomic E-state index is 12.6. The van der Waals surface area contributed by atoms with Crippen molar-refractivity contribution in [1.29, 1.82) is 0 Å². The quantitative estimate of drug-likeness (QED) is 0.679. The molecule has 7 heteroatoms. The molecule has 3 heterocycles. The highest BCUT2D eigenvalue weighted by atomic mass is 16.1. The summed E-state index contributed by atoms with van der Waals surface area (Å²) in [7, 11) is 0. The number of pyridine rings is 1. The molecule has 0 unspecified atom stereocenters. The van der Waals surface area contributed by atoms with Crippen LogP contribution >= 0.6 is 0 Å². The van der Waals surface area contributed by atoms with Crippen LogP contribution in [0.5, 0.6) is 0 Å². The van der Waals surface area contributed by atoms with E-state index in [2.05, 4.69) is 25.5 Å². The van der Waals surface area contributed by atoms with Gasteiger partial charge in [0.25, 0.3) is 0 Å². The van der Waals surface area contributed by atoms with E-state index in [9.17, 15) is 4.79 Å². The van der Waals surface area contributed by atoms with Gasteiger partial charge in [0.15, 0.2) is 0 Å². The van der Waals surface area contributed by atoms with Gasteiger partial charge in [-0.05, 0) is 43.5 Å². The summed E-state index contributed by atoms with van der Waals surface area (Å²) in [5, 5.41) is 11.4. The Labute approximate surface area is 158 Å². The number of hydrogen-bond acceptors (Lipinski definition) is 5. The van der Waals surface area contributed by atoms with Gasteiger partial charge in [-0.1, -0.05) is 23.4 Å². The molecular formula is C20H24N6O. The van der Waals surface area contributed by atoms with Gasteiger partial charge in [-0.2, -0.15) is 0 Å². The number of aromatic nitrogens is 4. The van der Waals surface area contributed by atoms with Gasteiger partial charge in [0.05, 0.1) is 11.4 Å². The molecule has 0 saturated carbocycles. The van der Waals surface area contributed by atoms with E-state index < -0.39 is 0 Å². The smallest absolute Gasteiger partial charge is 0.224 e. The minimum absolute atomic E-state index is 0.0213. The standard InChI is InChI=1S/C20H24N6O/c27-20(16-7-5-13-25(15-16)19-10-3-4-11-21-19)22-12-6-14-26-18-9-2-1-8-17(18)23-24-26/h1-4,8-11,16H,5-7,12-15H2,(H,22,27)/t16-/m0/s1. The van der Waals surface area contributed by atoms with E-state index >= 15 is 0 Å². The fraction of sp³-hybridized carbons (Fsp3) is 0.400. The number of anilines is 1. The summed E-state index contributed by atoms with van der Waals surface area (Å²) in [6, 6.07) is 13.8. The van der Waals surface area contributed by atoms with Crippen molar-refractivity contribution in [2.75, 3.05) is 24.5 Å². The van der Waals surface area contributed by atoms with Gasteiger partial charge in [-0.3, -0.25) is 4.79 Å². The third-order valence-electron chi connectivity index (χ3n) is 5.03. The van der Waals surface area contributed by atoms with Crippen LogP contribution in [0.1, 0.15) is 19.3 Å². The SMILES string of the molecule is O=C(NCCCn1nnc2ccccc21)[C@H]1CCCN(c2ccccn2)C1. The molecule has 4 rings (SSSR count). The molecule has 1 N–H and O–H groups in total. The highest BCUT2D eigenvalue weighted by Crippen LogP contribution is 2.21. The monoisotopic (exact) mass is 364 g/mol. The van der Waals surface area contributed by atoms with Crippen LogP contribution in [0.4, 0.5) is 5.82 Å². The van der Waals surface area contributed by atoms with E-state index in [0.717, 1.165) is 55.7 Å². The first-order chi connectivity index (χ1) is 13.3. The van der Waals surface area contributed by atoms with Crippen LogP contribution in [0.15, 0.2) is 48.7 Å². The molecule has 7 nitrogen and oxygen atoms in total. The zero-order valence-electron chi connectivity index (χ0n) is 15.3. The van der Waals surface area contributed by atoms with Gasteiger partial charge >= 0.3 is 0 Å². The number of fused-ring (bicyclic) bond motifs is 1. The summed E-state index contributed by atoms with van der Waals surface area (Å²) in [5.41, 5.74) is 1.93. The lowest BCUT2D eigenvalue weighted by atomic mass is 9.97. The molecule has 2 aromatic heterocycles. The lowest BCUT2D eigenvalue weighted by molar-refractivity contribution is -0.125. The summed E-state index contributed by atoms with van der Waals surface area (Å²) in [4.78, 5) is 19.2. The van der Waals surface area contributed by atoms with Gasteiger partial charge in [-0.25, -0.2) is 9.67 Å². The minimum Gasteiger partial charge on any atom is -0.356 e. The molecular weight excluding hydrogens is 340 g/mol. The van der Waals surface area contributed by atoms with E-state index in [1.165, 1.54) is 0 Å². The first-order valence-electron chi connectivity index (χ1n) is 9.53. The van der Waals surface area contributed by atoms with E-state index in [4.69, 9.17) is 0 Å². The molecule has 27 heavy (non-hydrogen) atoms. The van der Waals surface area contributed by atoms with Crippen LogP contribution in [0.2, 0.25) is 0 Å². The summed E-state index contributed by atoms with van der Waals surface area (Å²) < 4.78 is 1.89. The van der Waals surface area contributed by atoms with E-state index in [-0.39, 0.29) is 11.8 Å². The number of nitrogens with zero attached hydrogens (tertiary/aromatic N) is 5. The van der Waals surface area contributed by atoms with Crippen molar-refractivity contribution in [2.45, 2.75) is 25.8 Å². The molecule has 0 radical (unpaired) electrons. The van der Waals surface area contributed by atoms with Crippen molar-refractivity contribution in [3.05, 3.63) is 48.7 Å². The Kier molecular flexibility index (Phi) is 5.27. The number of benzene rings is 1. The highest BCUT2D eigenvalue weighted by molar-refractivity contribution is 5.79. The van der Waals surface area contributed by atoms with Crippen molar-refractivity contribution in [2.24, 2.45) is 5.92 Å².